The predicted molar refractivity (Wildman–Crippen MR) is 480 cm³/mol. The fourth-order valence-corrected chi connectivity index (χ4v) is 6.94. The molecule has 0 aromatic rings. The van der Waals surface area contributed by atoms with Crippen molar-refractivity contribution in [2.45, 2.75) is 286 Å². The van der Waals surface area contributed by atoms with Gasteiger partial charge >= 0.3 is 101 Å². The van der Waals surface area contributed by atoms with Crippen molar-refractivity contribution in [1.82, 2.24) is 0 Å². The summed E-state index contributed by atoms with van der Waals surface area (Å²) in [4.78, 5) is 244. The van der Waals surface area contributed by atoms with E-state index < -0.39 is 192 Å². The van der Waals surface area contributed by atoms with Crippen LogP contribution in [-0.4, -0.2) is 300 Å². The van der Waals surface area contributed by atoms with E-state index in [-0.39, 0.29) is 91.3 Å². The molecule has 136 heavy (non-hydrogen) atoms. The van der Waals surface area contributed by atoms with Crippen molar-refractivity contribution in [3.05, 3.63) is 0 Å². The minimum atomic E-state index is -1.18. The Morgan fingerprint density at radius 2 is 0.485 bits per heavy atom. The van der Waals surface area contributed by atoms with Crippen molar-refractivity contribution in [3.8, 4) is 0 Å². The van der Waals surface area contributed by atoms with Crippen LogP contribution in [0.3, 0.4) is 0 Å². The molecule has 0 saturated carbocycles. The molecule has 0 aromatic carbocycles. The highest BCUT2D eigenvalue weighted by Crippen LogP contribution is 2.23. The number of esters is 17. The first-order chi connectivity index (χ1) is 61.6. The lowest BCUT2D eigenvalue weighted by Gasteiger charge is -2.21. The maximum Gasteiger partial charge on any atom is 0.349 e. The van der Waals surface area contributed by atoms with E-state index >= 15 is 0 Å². The normalized spacial score (nSPS) is 12.3. The molecule has 6 atom stereocenters. The number of hydrogen-bond acceptors (Lipinski definition) is 44. The summed E-state index contributed by atoms with van der Waals surface area (Å²) in [6.45, 7) is 58.3. The lowest BCUT2D eigenvalue weighted by molar-refractivity contribution is -0.190. The predicted octanol–water partition coefficient (Wildman–Crippen LogP) is 8.09. The number of carbonyl (C=O) groups excluding carboxylic acids is 22. The maximum atomic E-state index is 11.8. The smallest absolute Gasteiger partial charge is 0.349 e. The second-order valence-corrected chi connectivity index (χ2v) is 36.9. The summed E-state index contributed by atoms with van der Waals surface area (Å²) in [5, 5.41) is 0. The van der Waals surface area contributed by atoms with Crippen LogP contribution < -0.4 is 0 Å². The molecule has 0 amide bonds. The Bertz CT molecular complexity index is 3590. The molecule has 0 aliphatic heterocycles. The van der Waals surface area contributed by atoms with Gasteiger partial charge in [-0.2, -0.15) is 0 Å². The summed E-state index contributed by atoms with van der Waals surface area (Å²) in [5.41, 5.74) is -4.42. The molecular formula is C92H156O44. The lowest BCUT2D eigenvalue weighted by Crippen LogP contribution is -2.35. The van der Waals surface area contributed by atoms with E-state index in [9.17, 15) is 105 Å². The van der Waals surface area contributed by atoms with Crippen LogP contribution in [-0.2, 0) is 210 Å². The number of ketones is 5. The van der Waals surface area contributed by atoms with Crippen molar-refractivity contribution in [2.75, 3.05) is 133 Å². The SMILES string of the molecule is CC(=O)OCC(=O)OC(C)C(=O)OCC(=O)C(C)(C)C.CC(=O)OCC(=O)OCC(=O)OC(C)C(=O)C(C)(C)C.CC(=O)OCC(=O)OCC(=O)OC(C)C(=O)C(C)(C)C.CC(=O)OCCOCCOCC(=O)C(C)(C)C.CC(=O)OCCOCCOCC(=O)C(C)(C)C.CCOC(C)OC(=O)C(C)OC(=O)C(C)(C)C.COC(=O)C(C)OC(=O)C(C)(C)C.COC(=O)COC(=O)C(C)(C)C. The van der Waals surface area contributed by atoms with Gasteiger partial charge in [-0.25, -0.2) is 43.2 Å². The number of Topliss-reactive ketones (excluding diaryl/α,β-unsaturated/α-hetero) is 5. The van der Waals surface area contributed by atoms with Crippen molar-refractivity contribution in [1.29, 1.82) is 0 Å². The molecule has 0 N–H and O–H groups in total. The quantitative estimate of drug-likeness (QED) is 0.0241. The van der Waals surface area contributed by atoms with Gasteiger partial charge in [0, 0.05) is 68.3 Å². The third-order valence-electron chi connectivity index (χ3n) is 15.0. The zero-order chi connectivity index (χ0) is 108. The van der Waals surface area contributed by atoms with E-state index in [1.807, 2.05) is 41.5 Å². The molecule has 0 fully saturated rings. The van der Waals surface area contributed by atoms with Gasteiger partial charge in [-0.3, -0.25) is 62.3 Å². The summed E-state index contributed by atoms with van der Waals surface area (Å²) in [5.74, 6) is -11.2. The fourth-order valence-electron chi connectivity index (χ4n) is 6.94. The summed E-state index contributed by atoms with van der Waals surface area (Å²) in [6, 6.07) is 0. The first-order valence-corrected chi connectivity index (χ1v) is 42.9. The molecule has 0 aliphatic carbocycles. The van der Waals surface area contributed by atoms with E-state index in [4.69, 9.17) is 52.1 Å². The average Bonchev–Trinajstić information content (AvgIpc) is 0.884. The first kappa shape index (κ1) is 141. The molecule has 44 nitrogen and oxygen atoms in total. The van der Waals surface area contributed by atoms with Crippen molar-refractivity contribution >= 4 is 130 Å². The maximum absolute atomic E-state index is 11.8. The summed E-state index contributed by atoms with van der Waals surface area (Å²) >= 11 is 0. The van der Waals surface area contributed by atoms with Gasteiger partial charge in [0.2, 0.25) is 0 Å². The highest BCUT2D eigenvalue weighted by molar-refractivity contribution is 5.92. The third-order valence-corrected chi connectivity index (χ3v) is 15.0. The van der Waals surface area contributed by atoms with Gasteiger partial charge in [0.1, 0.15) is 26.4 Å². The highest BCUT2D eigenvalue weighted by atomic mass is 16.7. The standard InChI is InChI=1S/3C13H20O7.3C12H22O5.C9H16O4.C8H14O4/c2*1-8(12(17)13(3,4)5)20-11(16)7-19-10(15)6-18-9(2)14;1-8(20-11(16)7-18-9(2)14)12(17)19-6-10(15)13(3,4)5;1-7-15-9(3)17-10(13)8(2)16-11(14)12(4,5)6;2*1-10(13)17-8-7-15-5-6-16-9-11(14)12(2,3)4;1-6(7(10)12-5)13-8(11)9(2,3)4;1-8(2,3)7(10)12-5-6(9)11-4/h3*8H,6-7H2,1-5H3;8-9H,7H2,1-6H3;2*5-9H2,1-4H3;6H,1-5H3;5H2,1-4H3. The molecule has 0 heterocycles. The van der Waals surface area contributed by atoms with Crippen molar-refractivity contribution < 1.29 is 210 Å². The fraction of sp³-hybridized carbons (Fsp3) is 0.761. The number of methoxy groups -OCH3 is 2. The van der Waals surface area contributed by atoms with Crippen LogP contribution in [0.4, 0.5) is 0 Å². The average molecular weight is 1970 g/mol. The Hall–Kier alpha value is -10.9. The summed E-state index contributed by atoms with van der Waals surface area (Å²) in [6.07, 6.45) is -5.42. The van der Waals surface area contributed by atoms with E-state index in [1.54, 1.807) is 138 Å². The number of carbonyl (C=O) groups is 22. The van der Waals surface area contributed by atoms with Crippen LogP contribution in [0.15, 0.2) is 0 Å². The minimum absolute atomic E-state index is 0.0670. The Balaban J connectivity index is -0.000000231. The number of rotatable bonds is 43. The molecule has 0 spiro atoms. The molecule has 44 heteroatoms. The molecule has 788 valence electrons. The minimum Gasteiger partial charge on any atom is -0.466 e. The summed E-state index contributed by atoms with van der Waals surface area (Å²) < 4.78 is 104. The van der Waals surface area contributed by atoms with Gasteiger partial charge in [-0.15, -0.1) is 0 Å². The third kappa shape index (κ3) is 87.2. The van der Waals surface area contributed by atoms with Gasteiger partial charge in [-0.05, 0) is 111 Å². The van der Waals surface area contributed by atoms with E-state index in [0.717, 1.165) is 20.8 Å². The van der Waals surface area contributed by atoms with E-state index in [0.29, 0.717) is 46.2 Å². The summed E-state index contributed by atoms with van der Waals surface area (Å²) in [7, 11) is 2.50. The molecule has 0 bridgehead atoms. The largest absolute Gasteiger partial charge is 0.466 e. The molecule has 0 aromatic heterocycles. The molecule has 6 unspecified atom stereocenters. The molecule has 0 saturated heterocycles. The van der Waals surface area contributed by atoms with Gasteiger partial charge in [0.15, 0.2) is 112 Å². The zero-order valence-electron chi connectivity index (χ0n) is 87.2. The topological polar surface area (TPSA) is 579 Å². The first-order valence-electron chi connectivity index (χ1n) is 42.9. The Morgan fingerprint density at radius 1 is 0.221 bits per heavy atom. The Labute approximate surface area is 799 Å². The van der Waals surface area contributed by atoms with Gasteiger partial charge in [0.25, 0.3) is 0 Å². The highest BCUT2D eigenvalue weighted by Gasteiger charge is 2.34. The second kappa shape index (κ2) is 72.5. The van der Waals surface area contributed by atoms with Gasteiger partial charge < -0.3 is 104 Å². The zero-order valence-corrected chi connectivity index (χ0v) is 87.2. The van der Waals surface area contributed by atoms with Crippen LogP contribution in [0, 0.1) is 43.3 Å². The van der Waals surface area contributed by atoms with Crippen LogP contribution in [0.1, 0.15) is 249 Å². The van der Waals surface area contributed by atoms with E-state index in [1.165, 1.54) is 62.7 Å². The van der Waals surface area contributed by atoms with E-state index in [2.05, 4.69) is 52.1 Å². The molecule has 0 aliphatic rings. The van der Waals surface area contributed by atoms with Crippen LogP contribution in [0.2, 0.25) is 0 Å². The number of hydrogen-bond donors (Lipinski definition) is 0. The Kier molecular flexibility index (Phi) is 74.9. The van der Waals surface area contributed by atoms with Crippen molar-refractivity contribution in [3.63, 3.8) is 0 Å². The number of ether oxygens (including phenoxy) is 22. The molecule has 0 radical (unpaired) electrons. The molecular weight excluding hydrogens is 1810 g/mol. The van der Waals surface area contributed by atoms with Crippen LogP contribution in [0.25, 0.3) is 0 Å². The van der Waals surface area contributed by atoms with Crippen molar-refractivity contribution in [2.24, 2.45) is 43.3 Å². The van der Waals surface area contributed by atoms with Gasteiger partial charge in [-0.1, -0.05) is 104 Å². The van der Waals surface area contributed by atoms with Crippen LogP contribution in [0.5, 0.6) is 0 Å². The van der Waals surface area contributed by atoms with Crippen LogP contribution >= 0.6 is 0 Å². The monoisotopic (exact) mass is 1960 g/mol. The molecule has 0 rings (SSSR count). The lowest BCUT2D eigenvalue weighted by atomic mass is 9.88. The Morgan fingerprint density at radius 3 is 0.765 bits per heavy atom. The van der Waals surface area contributed by atoms with Gasteiger partial charge in [0.05, 0.1) is 70.1 Å². The second-order valence-electron chi connectivity index (χ2n) is 36.9.